The summed E-state index contributed by atoms with van der Waals surface area (Å²) in [7, 11) is 0. The summed E-state index contributed by atoms with van der Waals surface area (Å²) in [6.45, 7) is 4.00. The molecule has 2 heteroatoms. The van der Waals surface area contributed by atoms with Crippen molar-refractivity contribution in [1.29, 1.82) is 0 Å². The van der Waals surface area contributed by atoms with Crippen molar-refractivity contribution in [2.45, 2.75) is 26.7 Å². The van der Waals surface area contributed by atoms with E-state index in [1.165, 1.54) is 6.07 Å². The molecule has 0 saturated carbocycles. The first-order valence-electron chi connectivity index (χ1n) is 6.38. The van der Waals surface area contributed by atoms with Crippen molar-refractivity contribution in [2.24, 2.45) is 0 Å². The van der Waals surface area contributed by atoms with E-state index < -0.39 is 0 Å². The summed E-state index contributed by atoms with van der Waals surface area (Å²) in [6.07, 6.45) is 0.521. The summed E-state index contributed by atoms with van der Waals surface area (Å²) in [4.78, 5) is 12.1. The van der Waals surface area contributed by atoms with Gasteiger partial charge < -0.3 is 0 Å². The molecular weight excluding hydrogens is 239 g/mol. The van der Waals surface area contributed by atoms with Crippen molar-refractivity contribution in [1.82, 2.24) is 0 Å². The molecule has 0 amide bonds. The first-order valence-corrected chi connectivity index (χ1v) is 6.38. The summed E-state index contributed by atoms with van der Waals surface area (Å²) in [6, 6.07) is 12.4. The van der Waals surface area contributed by atoms with Crippen molar-refractivity contribution in [3.05, 3.63) is 70.5 Å². The molecule has 0 radical (unpaired) electrons. The van der Waals surface area contributed by atoms with Crippen LogP contribution in [0.25, 0.3) is 0 Å². The van der Waals surface area contributed by atoms with Gasteiger partial charge in [0.1, 0.15) is 11.6 Å². The van der Waals surface area contributed by atoms with Gasteiger partial charge in [-0.3, -0.25) is 4.79 Å². The smallest absolute Gasteiger partial charge is 0.141 e. The highest BCUT2D eigenvalue weighted by atomic mass is 19.1. The third kappa shape index (κ3) is 3.28. The van der Waals surface area contributed by atoms with Gasteiger partial charge in [-0.2, -0.15) is 0 Å². The largest absolute Gasteiger partial charge is 0.299 e. The topological polar surface area (TPSA) is 17.1 Å². The molecule has 0 unspecified atom stereocenters. The highest BCUT2D eigenvalue weighted by Crippen LogP contribution is 2.16. The Morgan fingerprint density at radius 2 is 1.58 bits per heavy atom. The summed E-state index contributed by atoms with van der Waals surface area (Å²) in [5.41, 5.74) is 3.76. The average molecular weight is 256 g/mol. The zero-order valence-corrected chi connectivity index (χ0v) is 11.2. The second kappa shape index (κ2) is 5.79. The fourth-order valence-corrected chi connectivity index (χ4v) is 2.24. The number of rotatable bonds is 4. The fraction of sp³-hybridized carbons (Fsp3) is 0.235. The van der Waals surface area contributed by atoms with Gasteiger partial charge in [0.25, 0.3) is 0 Å². The van der Waals surface area contributed by atoms with Gasteiger partial charge in [-0.05, 0) is 42.2 Å². The molecule has 0 spiro atoms. The predicted octanol–water partition coefficient (Wildman–Crippen LogP) is 3.80. The third-order valence-electron chi connectivity index (χ3n) is 3.36. The Morgan fingerprint density at radius 1 is 0.947 bits per heavy atom. The molecule has 1 nitrogen and oxygen atoms in total. The first kappa shape index (κ1) is 13.5. The standard InChI is InChI=1S/C17H17FO/c1-12-6-5-7-13(2)16(12)11-15(19)10-14-8-3-4-9-17(14)18/h3-9H,10-11H2,1-2H3. The summed E-state index contributed by atoms with van der Waals surface area (Å²) in [5, 5.41) is 0. The molecule has 0 bridgehead atoms. The van der Waals surface area contributed by atoms with Crippen LogP contribution in [0.1, 0.15) is 22.3 Å². The van der Waals surface area contributed by atoms with E-state index in [0.717, 1.165) is 16.7 Å². The van der Waals surface area contributed by atoms with Gasteiger partial charge in [0.05, 0.1) is 0 Å². The molecule has 0 fully saturated rings. The monoisotopic (exact) mass is 256 g/mol. The molecule has 0 aromatic heterocycles. The van der Waals surface area contributed by atoms with E-state index in [0.29, 0.717) is 12.0 Å². The molecule has 2 aromatic rings. The van der Waals surface area contributed by atoms with Crippen molar-refractivity contribution in [3.8, 4) is 0 Å². The van der Waals surface area contributed by atoms with E-state index in [9.17, 15) is 9.18 Å². The van der Waals surface area contributed by atoms with Crippen LogP contribution in [0.3, 0.4) is 0 Å². The van der Waals surface area contributed by atoms with Crippen LogP contribution in [0, 0.1) is 19.7 Å². The van der Waals surface area contributed by atoms with Crippen LogP contribution in [0.2, 0.25) is 0 Å². The Kier molecular flexibility index (Phi) is 4.10. The van der Waals surface area contributed by atoms with Crippen LogP contribution >= 0.6 is 0 Å². The number of halogens is 1. The molecule has 19 heavy (non-hydrogen) atoms. The van der Waals surface area contributed by atoms with Crippen LogP contribution < -0.4 is 0 Å². The molecular formula is C17H17FO. The Morgan fingerprint density at radius 3 is 2.21 bits per heavy atom. The number of aryl methyl sites for hydroxylation is 2. The molecule has 0 atom stereocenters. The molecule has 0 aliphatic rings. The summed E-state index contributed by atoms with van der Waals surface area (Å²) < 4.78 is 13.5. The Labute approximate surface area is 113 Å². The van der Waals surface area contributed by atoms with Crippen LogP contribution in [-0.2, 0) is 17.6 Å². The SMILES string of the molecule is Cc1cccc(C)c1CC(=O)Cc1ccccc1F. The minimum Gasteiger partial charge on any atom is -0.299 e. The van der Waals surface area contributed by atoms with Gasteiger partial charge in [0.15, 0.2) is 0 Å². The normalized spacial score (nSPS) is 10.5. The van der Waals surface area contributed by atoms with Crippen LogP contribution in [0.4, 0.5) is 4.39 Å². The molecule has 0 aliphatic heterocycles. The summed E-state index contributed by atoms with van der Waals surface area (Å²) in [5.74, 6) is -0.264. The first-order chi connectivity index (χ1) is 9.08. The zero-order valence-electron chi connectivity index (χ0n) is 11.2. The average Bonchev–Trinajstić information content (AvgIpc) is 2.37. The van der Waals surface area contributed by atoms with Gasteiger partial charge in [-0.15, -0.1) is 0 Å². The Bertz CT molecular complexity index is 582. The fourth-order valence-electron chi connectivity index (χ4n) is 2.24. The quantitative estimate of drug-likeness (QED) is 0.813. The van der Waals surface area contributed by atoms with E-state index in [4.69, 9.17) is 0 Å². The van der Waals surface area contributed by atoms with Crippen molar-refractivity contribution in [3.63, 3.8) is 0 Å². The minimum atomic E-state index is -0.308. The molecule has 2 rings (SSSR count). The van der Waals surface area contributed by atoms with Gasteiger partial charge in [-0.1, -0.05) is 36.4 Å². The molecule has 0 N–H and O–H groups in total. The van der Waals surface area contributed by atoms with E-state index in [1.54, 1.807) is 18.2 Å². The number of benzene rings is 2. The van der Waals surface area contributed by atoms with Crippen LogP contribution in [0.15, 0.2) is 42.5 Å². The molecule has 2 aromatic carbocycles. The number of hydrogen-bond donors (Lipinski definition) is 0. The molecule has 98 valence electrons. The maximum atomic E-state index is 13.5. The van der Waals surface area contributed by atoms with Gasteiger partial charge >= 0.3 is 0 Å². The number of carbonyl (C=O) groups is 1. The number of carbonyl (C=O) groups excluding carboxylic acids is 1. The lowest BCUT2D eigenvalue weighted by molar-refractivity contribution is -0.117. The second-order valence-corrected chi connectivity index (χ2v) is 4.85. The lowest BCUT2D eigenvalue weighted by Gasteiger charge is -2.09. The highest BCUT2D eigenvalue weighted by Gasteiger charge is 2.11. The van der Waals surface area contributed by atoms with Gasteiger partial charge in [0, 0.05) is 12.8 Å². The number of Topliss-reactive ketones (excluding diaryl/α,β-unsaturated/α-hetero) is 1. The maximum Gasteiger partial charge on any atom is 0.141 e. The van der Waals surface area contributed by atoms with Crippen molar-refractivity contribution >= 4 is 5.78 Å². The van der Waals surface area contributed by atoms with E-state index in [2.05, 4.69) is 0 Å². The zero-order chi connectivity index (χ0) is 13.8. The van der Waals surface area contributed by atoms with Crippen LogP contribution in [-0.4, -0.2) is 5.78 Å². The summed E-state index contributed by atoms with van der Waals surface area (Å²) >= 11 is 0. The Balaban J connectivity index is 2.12. The molecule has 0 aliphatic carbocycles. The third-order valence-corrected chi connectivity index (χ3v) is 3.36. The predicted molar refractivity (Wildman–Crippen MR) is 74.7 cm³/mol. The second-order valence-electron chi connectivity index (χ2n) is 4.85. The lowest BCUT2D eigenvalue weighted by Crippen LogP contribution is -2.10. The lowest BCUT2D eigenvalue weighted by atomic mass is 9.96. The van der Waals surface area contributed by atoms with E-state index in [1.807, 2.05) is 32.0 Å². The number of hydrogen-bond acceptors (Lipinski definition) is 1. The van der Waals surface area contributed by atoms with Crippen molar-refractivity contribution < 1.29 is 9.18 Å². The van der Waals surface area contributed by atoms with Crippen LogP contribution in [0.5, 0.6) is 0 Å². The van der Waals surface area contributed by atoms with Crippen molar-refractivity contribution in [2.75, 3.05) is 0 Å². The minimum absolute atomic E-state index is 0.0440. The molecule has 0 saturated heterocycles. The van der Waals surface area contributed by atoms with E-state index >= 15 is 0 Å². The highest BCUT2D eigenvalue weighted by molar-refractivity contribution is 5.83. The number of ketones is 1. The van der Waals surface area contributed by atoms with Gasteiger partial charge in [-0.25, -0.2) is 4.39 Å². The molecule has 0 heterocycles. The maximum absolute atomic E-state index is 13.5. The van der Waals surface area contributed by atoms with E-state index in [-0.39, 0.29) is 18.0 Å². The Hall–Kier alpha value is -1.96. The van der Waals surface area contributed by atoms with Gasteiger partial charge in [0.2, 0.25) is 0 Å².